The number of benzene rings is 1. The number of ether oxygens (including phenoxy) is 1. The molecule has 0 saturated carbocycles. The van der Waals surface area contributed by atoms with E-state index >= 15 is 0 Å². The second kappa shape index (κ2) is 10.6. The summed E-state index contributed by atoms with van der Waals surface area (Å²) in [5.74, 6) is 0.632. The number of sulfonamides is 1. The van der Waals surface area contributed by atoms with Crippen LogP contribution in [0.5, 0.6) is 0 Å². The monoisotopic (exact) mass is 510 g/mol. The third-order valence-corrected chi connectivity index (χ3v) is 6.10. The van der Waals surface area contributed by atoms with Crippen molar-refractivity contribution in [1.82, 2.24) is 15.4 Å². The zero-order valence-electron chi connectivity index (χ0n) is 16.5. The lowest BCUT2D eigenvalue weighted by Gasteiger charge is -2.24. The van der Waals surface area contributed by atoms with Gasteiger partial charge in [0.25, 0.3) is 0 Å². The van der Waals surface area contributed by atoms with Crippen LogP contribution in [-0.2, 0) is 14.8 Å². The Morgan fingerprint density at radius 2 is 2.00 bits per heavy atom. The van der Waals surface area contributed by atoms with E-state index in [4.69, 9.17) is 4.74 Å². The molecule has 0 amide bonds. The van der Waals surface area contributed by atoms with Crippen LogP contribution >= 0.6 is 24.0 Å². The Morgan fingerprint density at radius 1 is 1.26 bits per heavy atom. The average molecular weight is 510 g/mol. The number of nitrogens with zero attached hydrogens (tertiary/aromatic N) is 1. The van der Waals surface area contributed by atoms with Crippen LogP contribution in [0.25, 0.3) is 0 Å². The van der Waals surface area contributed by atoms with Crippen molar-refractivity contribution in [3.63, 3.8) is 0 Å². The van der Waals surface area contributed by atoms with Crippen LogP contribution in [-0.4, -0.2) is 53.3 Å². The fraction of sp³-hybridized carbons (Fsp3) is 0.611. The summed E-state index contributed by atoms with van der Waals surface area (Å²) in [6.07, 6.45) is 2.09. The van der Waals surface area contributed by atoms with Crippen LogP contribution in [0.2, 0.25) is 0 Å². The molecule has 154 valence electrons. The molecule has 1 heterocycles. The van der Waals surface area contributed by atoms with E-state index in [1.54, 1.807) is 20.0 Å². The molecule has 0 aromatic heterocycles. The normalized spacial score (nSPS) is 20.2. The highest BCUT2D eigenvalue weighted by Crippen LogP contribution is 2.23. The highest BCUT2D eigenvalue weighted by Gasteiger charge is 2.29. The second-order valence-corrected chi connectivity index (χ2v) is 8.66. The van der Waals surface area contributed by atoms with E-state index < -0.39 is 10.0 Å². The number of aryl methyl sites for hydroxylation is 2. The van der Waals surface area contributed by atoms with Crippen LogP contribution < -0.4 is 15.4 Å². The Hall–Kier alpha value is -0.910. The molecule has 0 radical (unpaired) electrons. The summed E-state index contributed by atoms with van der Waals surface area (Å²) < 4.78 is 33.3. The first-order valence-corrected chi connectivity index (χ1v) is 10.4. The van der Waals surface area contributed by atoms with Crippen molar-refractivity contribution < 1.29 is 13.2 Å². The zero-order valence-corrected chi connectivity index (χ0v) is 19.6. The van der Waals surface area contributed by atoms with Crippen molar-refractivity contribution in [3.05, 3.63) is 29.3 Å². The largest absolute Gasteiger partial charge is 0.373 e. The van der Waals surface area contributed by atoms with Gasteiger partial charge in [0.2, 0.25) is 10.0 Å². The molecule has 2 rings (SSSR count). The molecule has 0 spiro atoms. The summed E-state index contributed by atoms with van der Waals surface area (Å²) in [7, 11) is -1.84. The van der Waals surface area contributed by atoms with Gasteiger partial charge in [-0.1, -0.05) is 12.1 Å². The second-order valence-electron chi connectivity index (χ2n) is 6.92. The molecule has 1 atom stereocenters. The maximum atomic E-state index is 12.5. The third kappa shape index (κ3) is 7.20. The number of aliphatic imine (C=N–C) groups is 1. The van der Waals surface area contributed by atoms with Gasteiger partial charge in [0, 0.05) is 33.3 Å². The lowest BCUT2D eigenvalue weighted by atomic mass is 10.0. The van der Waals surface area contributed by atoms with Crippen molar-refractivity contribution in [2.24, 2.45) is 4.99 Å². The fourth-order valence-electron chi connectivity index (χ4n) is 2.91. The summed E-state index contributed by atoms with van der Waals surface area (Å²) >= 11 is 0. The molecule has 0 bridgehead atoms. The Labute approximate surface area is 179 Å². The molecule has 1 unspecified atom stereocenters. The molecule has 1 aromatic rings. The maximum Gasteiger partial charge on any atom is 0.240 e. The first kappa shape index (κ1) is 24.1. The predicted octanol–water partition coefficient (Wildman–Crippen LogP) is 1.93. The van der Waals surface area contributed by atoms with Gasteiger partial charge < -0.3 is 15.4 Å². The molecular weight excluding hydrogens is 479 g/mol. The Bertz CT molecular complexity index is 747. The Kier molecular flexibility index (Phi) is 9.46. The topological polar surface area (TPSA) is 91.8 Å². The molecule has 3 N–H and O–H groups in total. The number of guanidine groups is 1. The molecule has 1 aliphatic rings. The van der Waals surface area contributed by atoms with Gasteiger partial charge in [0.15, 0.2) is 5.96 Å². The highest BCUT2D eigenvalue weighted by molar-refractivity contribution is 14.0. The lowest BCUT2D eigenvalue weighted by molar-refractivity contribution is 0.0243. The minimum Gasteiger partial charge on any atom is -0.373 e. The molecule has 1 fully saturated rings. The maximum absolute atomic E-state index is 12.5. The number of halogens is 1. The minimum absolute atomic E-state index is 0. The zero-order chi connectivity index (χ0) is 19.2. The van der Waals surface area contributed by atoms with Crippen LogP contribution in [0.1, 0.15) is 30.9 Å². The van der Waals surface area contributed by atoms with Crippen molar-refractivity contribution in [2.75, 3.05) is 33.3 Å². The Balaban J connectivity index is 0.00000364. The predicted molar refractivity (Wildman–Crippen MR) is 119 cm³/mol. The summed E-state index contributed by atoms with van der Waals surface area (Å²) in [5.41, 5.74) is 1.49. The number of nitrogens with one attached hydrogen (secondary N) is 3. The van der Waals surface area contributed by atoms with Crippen molar-refractivity contribution in [2.45, 2.75) is 44.1 Å². The number of hydrogen-bond acceptors (Lipinski definition) is 4. The van der Waals surface area contributed by atoms with E-state index in [1.807, 2.05) is 19.1 Å². The molecule has 0 aliphatic carbocycles. The van der Waals surface area contributed by atoms with Crippen LogP contribution in [0, 0.1) is 13.8 Å². The van der Waals surface area contributed by atoms with E-state index in [0.29, 0.717) is 23.9 Å². The van der Waals surface area contributed by atoms with E-state index in [1.165, 1.54) is 0 Å². The molecule has 1 saturated heterocycles. The van der Waals surface area contributed by atoms with Crippen molar-refractivity contribution in [1.29, 1.82) is 0 Å². The molecule has 9 heteroatoms. The minimum atomic E-state index is -3.52. The van der Waals surface area contributed by atoms with Gasteiger partial charge in [0.1, 0.15) is 0 Å². The van der Waals surface area contributed by atoms with Gasteiger partial charge in [-0.15, -0.1) is 24.0 Å². The lowest BCUT2D eigenvalue weighted by Crippen LogP contribution is -2.47. The quantitative estimate of drug-likeness (QED) is 0.226. The SMILES string of the molecule is CN=C(NCCNS(=O)(=O)c1cc(C)ccc1C)NCC1(C)CCCO1.I. The summed E-state index contributed by atoms with van der Waals surface area (Å²) in [4.78, 5) is 4.48. The first-order chi connectivity index (χ1) is 12.3. The van der Waals surface area contributed by atoms with E-state index in [0.717, 1.165) is 30.6 Å². The number of hydrogen-bond donors (Lipinski definition) is 3. The molecule has 7 nitrogen and oxygen atoms in total. The van der Waals surface area contributed by atoms with Gasteiger partial charge in [0.05, 0.1) is 10.5 Å². The van der Waals surface area contributed by atoms with E-state index in [-0.39, 0.29) is 36.1 Å². The fourth-order valence-corrected chi connectivity index (χ4v) is 4.27. The summed E-state index contributed by atoms with van der Waals surface area (Å²) in [6, 6.07) is 5.41. The first-order valence-electron chi connectivity index (χ1n) is 8.91. The van der Waals surface area contributed by atoms with E-state index in [2.05, 4.69) is 27.3 Å². The van der Waals surface area contributed by atoms with Crippen LogP contribution in [0.4, 0.5) is 0 Å². The molecular formula is C18H31IN4O3S. The van der Waals surface area contributed by atoms with Crippen molar-refractivity contribution in [3.8, 4) is 0 Å². The number of rotatable bonds is 7. The van der Waals surface area contributed by atoms with E-state index in [9.17, 15) is 8.42 Å². The van der Waals surface area contributed by atoms with Crippen LogP contribution in [0.3, 0.4) is 0 Å². The van der Waals surface area contributed by atoms with Crippen LogP contribution in [0.15, 0.2) is 28.1 Å². The highest BCUT2D eigenvalue weighted by atomic mass is 127. The average Bonchev–Trinajstić information content (AvgIpc) is 3.03. The summed E-state index contributed by atoms with van der Waals surface area (Å²) in [6.45, 7) is 7.92. The van der Waals surface area contributed by atoms with Gasteiger partial charge in [-0.3, -0.25) is 4.99 Å². The third-order valence-electron chi connectivity index (χ3n) is 4.50. The molecule has 1 aromatic carbocycles. The summed E-state index contributed by atoms with van der Waals surface area (Å²) in [5, 5.41) is 6.35. The standard InChI is InChI=1S/C18H30N4O3S.HI/c1-14-6-7-15(2)16(12-14)26(23,24)22-10-9-20-17(19-4)21-13-18(3)8-5-11-25-18;/h6-7,12,22H,5,8-11,13H2,1-4H3,(H2,19,20,21);1H. The molecule has 1 aliphatic heterocycles. The van der Waals surface area contributed by atoms with Gasteiger partial charge >= 0.3 is 0 Å². The Morgan fingerprint density at radius 3 is 2.63 bits per heavy atom. The smallest absolute Gasteiger partial charge is 0.240 e. The van der Waals surface area contributed by atoms with Crippen molar-refractivity contribution >= 4 is 40.0 Å². The van der Waals surface area contributed by atoms with Gasteiger partial charge in [-0.25, -0.2) is 13.1 Å². The molecule has 27 heavy (non-hydrogen) atoms. The van der Waals surface area contributed by atoms with Gasteiger partial charge in [-0.05, 0) is 50.8 Å². The van der Waals surface area contributed by atoms with Gasteiger partial charge in [-0.2, -0.15) is 0 Å².